The summed E-state index contributed by atoms with van der Waals surface area (Å²) in [5, 5.41) is 0. The Labute approximate surface area is 92.6 Å². The number of rotatable bonds is 3. The summed E-state index contributed by atoms with van der Waals surface area (Å²) >= 11 is 0. The van der Waals surface area contributed by atoms with Gasteiger partial charge in [0.05, 0.1) is 12.2 Å². The molecule has 1 nitrogen and oxygen atoms in total. The van der Waals surface area contributed by atoms with Gasteiger partial charge in [0.2, 0.25) is 0 Å². The zero-order valence-corrected chi connectivity index (χ0v) is 9.91. The smallest absolute Gasteiger partial charge is 0.0679 e. The van der Waals surface area contributed by atoms with Crippen molar-refractivity contribution in [3.05, 3.63) is 0 Å². The van der Waals surface area contributed by atoms with Crippen LogP contribution in [0.1, 0.15) is 46.0 Å². The Morgan fingerprint density at radius 3 is 2.87 bits per heavy atom. The molecule has 1 heteroatoms. The average Bonchev–Trinajstić information content (AvgIpc) is 3.01. The molecule has 1 aliphatic heterocycles. The molecule has 1 saturated heterocycles. The van der Waals surface area contributed by atoms with Gasteiger partial charge in [-0.05, 0) is 42.9 Å². The molecule has 0 amide bonds. The summed E-state index contributed by atoms with van der Waals surface area (Å²) in [5.41, 5.74) is 0.758. The summed E-state index contributed by atoms with van der Waals surface area (Å²) in [6.45, 7) is 4.65. The SMILES string of the molecule is CCCC1C2CC(CC)OC3C4C1C34C2. The van der Waals surface area contributed by atoms with E-state index in [1.54, 1.807) is 0 Å². The summed E-state index contributed by atoms with van der Waals surface area (Å²) < 4.78 is 6.21. The van der Waals surface area contributed by atoms with Crippen molar-refractivity contribution >= 4 is 0 Å². The highest BCUT2D eigenvalue weighted by atomic mass is 16.5. The van der Waals surface area contributed by atoms with E-state index in [1.165, 1.54) is 32.1 Å². The molecule has 1 spiro atoms. The minimum atomic E-state index is 0.604. The van der Waals surface area contributed by atoms with Crippen LogP contribution in [0.15, 0.2) is 0 Å². The lowest BCUT2D eigenvalue weighted by Gasteiger charge is -2.31. The first-order valence-electron chi connectivity index (χ1n) is 6.98. The first kappa shape index (κ1) is 9.04. The first-order valence-corrected chi connectivity index (χ1v) is 6.98. The van der Waals surface area contributed by atoms with Crippen LogP contribution in [0.3, 0.4) is 0 Å². The molecule has 4 fully saturated rings. The third-order valence-electron chi connectivity index (χ3n) is 5.93. The highest BCUT2D eigenvalue weighted by Crippen LogP contribution is 2.91. The zero-order chi connectivity index (χ0) is 10.2. The third kappa shape index (κ3) is 0.868. The van der Waals surface area contributed by atoms with Crippen molar-refractivity contribution in [1.82, 2.24) is 0 Å². The fourth-order valence-electron chi connectivity index (χ4n) is 5.27. The quantitative estimate of drug-likeness (QED) is 0.689. The molecule has 84 valence electrons. The van der Waals surface area contributed by atoms with Crippen LogP contribution in [0.4, 0.5) is 0 Å². The molecule has 7 atom stereocenters. The summed E-state index contributed by atoms with van der Waals surface area (Å²) in [5.74, 6) is 4.27. The van der Waals surface area contributed by atoms with Gasteiger partial charge in [-0.25, -0.2) is 0 Å². The molecular weight excluding hydrogens is 184 g/mol. The Morgan fingerprint density at radius 1 is 1.27 bits per heavy atom. The largest absolute Gasteiger partial charge is 0.374 e. The van der Waals surface area contributed by atoms with E-state index in [0.29, 0.717) is 6.10 Å². The van der Waals surface area contributed by atoms with Crippen LogP contribution in [-0.4, -0.2) is 12.2 Å². The average molecular weight is 206 g/mol. The van der Waals surface area contributed by atoms with E-state index >= 15 is 0 Å². The van der Waals surface area contributed by atoms with Crippen molar-refractivity contribution in [3.8, 4) is 0 Å². The van der Waals surface area contributed by atoms with Crippen LogP contribution in [-0.2, 0) is 4.74 Å². The molecule has 0 aromatic rings. The molecule has 7 unspecified atom stereocenters. The van der Waals surface area contributed by atoms with Crippen molar-refractivity contribution < 1.29 is 4.74 Å². The topological polar surface area (TPSA) is 9.23 Å². The maximum atomic E-state index is 6.21. The lowest BCUT2D eigenvalue weighted by Crippen LogP contribution is -2.29. The minimum absolute atomic E-state index is 0.604. The van der Waals surface area contributed by atoms with E-state index in [4.69, 9.17) is 4.74 Å². The molecule has 4 aliphatic rings. The second-order valence-electron chi connectivity index (χ2n) is 6.40. The summed E-state index contributed by atoms with van der Waals surface area (Å²) in [6, 6.07) is 0. The summed E-state index contributed by atoms with van der Waals surface area (Å²) in [4.78, 5) is 0. The molecule has 0 radical (unpaired) electrons. The Kier molecular flexibility index (Phi) is 1.57. The second kappa shape index (κ2) is 2.61. The highest BCUT2D eigenvalue weighted by Gasteiger charge is 2.92. The predicted molar refractivity (Wildman–Crippen MR) is 59.5 cm³/mol. The van der Waals surface area contributed by atoms with Crippen LogP contribution in [0.25, 0.3) is 0 Å². The second-order valence-corrected chi connectivity index (χ2v) is 6.40. The molecular formula is C14H22O. The van der Waals surface area contributed by atoms with Gasteiger partial charge in [0.25, 0.3) is 0 Å². The predicted octanol–water partition coefficient (Wildman–Crippen LogP) is 3.24. The number of hydrogen-bond donors (Lipinski definition) is 0. The van der Waals surface area contributed by atoms with Crippen LogP contribution in [0, 0.1) is 29.1 Å². The van der Waals surface area contributed by atoms with Gasteiger partial charge in [-0.15, -0.1) is 0 Å². The van der Waals surface area contributed by atoms with E-state index in [9.17, 15) is 0 Å². The van der Waals surface area contributed by atoms with Gasteiger partial charge in [0, 0.05) is 5.41 Å². The molecule has 3 aliphatic carbocycles. The van der Waals surface area contributed by atoms with Gasteiger partial charge < -0.3 is 4.74 Å². The van der Waals surface area contributed by atoms with Crippen molar-refractivity contribution in [1.29, 1.82) is 0 Å². The molecule has 4 rings (SSSR count). The molecule has 3 saturated carbocycles. The molecule has 0 N–H and O–H groups in total. The highest BCUT2D eigenvalue weighted by molar-refractivity contribution is 5.39. The van der Waals surface area contributed by atoms with Crippen molar-refractivity contribution in [3.63, 3.8) is 0 Å². The Hall–Kier alpha value is -0.0400. The van der Waals surface area contributed by atoms with Crippen molar-refractivity contribution in [2.75, 3.05) is 0 Å². The Bertz CT molecular complexity index is 300. The fourth-order valence-corrected chi connectivity index (χ4v) is 5.27. The lowest BCUT2D eigenvalue weighted by molar-refractivity contribution is -0.0315. The number of ether oxygens (including phenoxy) is 1. The maximum Gasteiger partial charge on any atom is 0.0679 e. The number of fused-ring (bicyclic) bond motifs is 3. The van der Waals surface area contributed by atoms with Crippen molar-refractivity contribution in [2.24, 2.45) is 29.1 Å². The lowest BCUT2D eigenvalue weighted by atomic mass is 9.82. The summed E-state index contributed by atoms with van der Waals surface area (Å²) in [6.07, 6.45) is 8.36. The zero-order valence-electron chi connectivity index (χ0n) is 9.91. The van der Waals surface area contributed by atoms with Crippen molar-refractivity contribution in [2.45, 2.75) is 58.2 Å². The van der Waals surface area contributed by atoms with Gasteiger partial charge in [0.15, 0.2) is 0 Å². The van der Waals surface area contributed by atoms with Gasteiger partial charge in [-0.1, -0.05) is 26.7 Å². The monoisotopic (exact) mass is 206 g/mol. The molecule has 1 heterocycles. The van der Waals surface area contributed by atoms with E-state index in [0.717, 1.165) is 35.2 Å². The van der Waals surface area contributed by atoms with E-state index in [2.05, 4.69) is 13.8 Å². The Balaban J connectivity index is 1.59. The van der Waals surface area contributed by atoms with Gasteiger partial charge in [-0.3, -0.25) is 0 Å². The standard InChI is InChI=1S/C14H22O/c1-3-5-10-8-6-9(4-2)15-13-12-11(10)14(12,13)7-8/h8-13H,3-7H2,1-2H3. The normalized spacial score (nSPS) is 63.6. The van der Waals surface area contributed by atoms with Crippen LogP contribution < -0.4 is 0 Å². The maximum absolute atomic E-state index is 6.21. The molecule has 2 bridgehead atoms. The van der Waals surface area contributed by atoms with Crippen LogP contribution in [0.2, 0.25) is 0 Å². The minimum Gasteiger partial charge on any atom is -0.374 e. The van der Waals surface area contributed by atoms with Gasteiger partial charge in [-0.2, -0.15) is 0 Å². The van der Waals surface area contributed by atoms with Crippen LogP contribution in [0.5, 0.6) is 0 Å². The van der Waals surface area contributed by atoms with E-state index < -0.39 is 0 Å². The van der Waals surface area contributed by atoms with E-state index in [-0.39, 0.29) is 0 Å². The van der Waals surface area contributed by atoms with Gasteiger partial charge >= 0.3 is 0 Å². The van der Waals surface area contributed by atoms with Crippen LogP contribution >= 0.6 is 0 Å². The molecule has 0 aromatic carbocycles. The third-order valence-corrected chi connectivity index (χ3v) is 5.93. The summed E-state index contributed by atoms with van der Waals surface area (Å²) in [7, 11) is 0. The number of hydrogen-bond acceptors (Lipinski definition) is 1. The fraction of sp³-hybridized carbons (Fsp3) is 1.00. The van der Waals surface area contributed by atoms with E-state index in [1.807, 2.05) is 0 Å². The first-order chi connectivity index (χ1) is 7.32. The Morgan fingerprint density at radius 2 is 2.13 bits per heavy atom. The molecule has 15 heavy (non-hydrogen) atoms. The van der Waals surface area contributed by atoms with Gasteiger partial charge in [0.1, 0.15) is 0 Å². The molecule has 0 aromatic heterocycles.